The molecule has 0 radical (unpaired) electrons. The van der Waals surface area contributed by atoms with Crippen LogP contribution in [0, 0.1) is 0 Å². The minimum atomic E-state index is -0.182. The van der Waals surface area contributed by atoms with Gasteiger partial charge in [0.1, 0.15) is 0 Å². The normalized spacial score (nSPS) is 15.1. The lowest BCUT2D eigenvalue weighted by Gasteiger charge is -2.36. The van der Waals surface area contributed by atoms with Crippen LogP contribution in [0.5, 0.6) is 0 Å². The molecule has 138 valence electrons. The molecule has 0 unspecified atom stereocenters. The van der Waals surface area contributed by atoms with Gasteiger partial charge >= 0.3 is 0 Å². The number of amides is 1. The van der Waals surface area contributed by atoms with Gasteiger partial charge in [-0.05, 0) is 55.4 Å². The van der Waals surface area contributed by atoms with Crippen molar-refractivity contribution in [3.05, 3.63) is 58.1 Å². The SMILES string of the molecule is CCCN1CCN(c2ccc(NC(=O)c3ccc(Cl)cc3)cc2Cl)CC1. The first-order valence-corrected chi connectivity index (χ1v) is 9.66. The maximum atomic E-state index is 12.3. The molecule has 1 fully saturated rings. The van der Waals surface area contributed by atoms with Crippen LogP contribution in [0.2, 0.25) is 10.0 Å². The van der Waals surface area contributed by atoms with Gasteiger partial charge in [-0.3, -0.25) is 9.69 Å². The smallest absolute Gasteiger partial charge is 0.255 e. The lowest BCUT2D eigenvalue weighted by Crippen LogP contribution is -2.46. The molecule has 0 aromatic heterocycles. The van der Waals surface area contributed by atoms with E-state index in [2.05, 4.69) is 22.0 Å². The summed E-state index contributed by atoms with van der Waals surface area (Å²) in [6.07, 6.45) is 1.18. The molecule has 1 aliphatic heterocycles. The zero-order chi connectivity index (χ0) is 18.5. The molecule has 1 aliphatic rings. The summed E-state index contributed by atoms with van der Waals surface area (Å²) in [5.74, 6) is -0.182. The van der Waals surface area contributed by atoms with Gasteiger partial charge in [0.2, 0.25) is 0 Å². The summed E-state index contributed by atoms with van der Waals surface area (Å²) < 4.78 is 0. The summed E-state index contributed by atoms with van der Waals surface area (Å²) in [6, 6.07) is 12.5. The Hall–Kier alpha value is -1.75. The van der Waals surface area contributed by atoms with Gasteiger partial charge in [-0.1, -0.05) is 30.1 Å². The zero-order valence-corrected chi connectivity index (χ0v) is 16.4. The molecule has 0 saturated carbocycles. The van der Waals surface area contributed by atoms with Crippen molar-refractivity contribution in [3.8, 4) is 0 Å². The van der Waals surface area contributed by atoms with Crippen molar-refractivity contribution in [2.75, 3.05) is 42.9 Å². The molecule has 26 heavy (non-hydrogen) atoms. The second-order valence-electron chi connectivity index (χ2n) is 6.46. The van der Waals surface area contributed by atoms with Gasteiger partial charge < -0.3 is 10.2 Å². The number of anilines is 2. The summed E-state index contributed by atoms with van der Waals surface area (Å²) in [5.41, 5.74) is 2.26. The summed E-state index contributed by atoms with van der Waals surface area (Å²) in [4.78, 5) is 17.1. The molecule has 4 nitrogen and oxygen atoms in total. The first kappa shape index (κ1) is 19.0. The van der Waals surface area contributed by atoms with Crippen molar-refractivity contribution in [2.45, 2.75) is 13.3 Å². The van der Waals surface area contributed by atoms with Gasteiger partial charge in [-0.2, -0.15) is 0 Å². The number of piperazine rings is 1. The Kier molecular flexibility index (Phi) is 6.41. The average Bonchev–Trinajstić information content (AvgIpc) is 2.63. The highest BCUT2D eigenvalue weighted by Crippen LogP contribution is 2.30. The third kappa shape index (κ3) is 4.70. The van der Waals surface area contributed by atoms with Crippen molar-refractivity contribution in [2.24, 2.45) is 0 Å². The van der Waals surface area contributed by atoms with Crippen molar-refractivity contribution >= 4 is 40.5 Å². The number of carbonyl (C=O) groups is 1. The van der Waals surface area contributed by atoms with Gasteiger partial charge in [0.05, 0.1) is 10.7 Å². The Balaban J connectivity index is 1.64. The highest BCUT2D eigenvalue weighted by Gasteiger charge is 2.18. The van der Waals surface area contributed by atoms with Crippen LogP contribution in [0.25, 0.3) is 0 Å². The first-order valence-electron chi connectivity index (χ1n) is 8.90. The molecule has 1 N–H and O–H groups in total. The van der Waals surface area contributed by atoms with Gasteiger partial charge in [-0.15, -0.1) is 0 Å². The Labute approximate surface area is 164 Å². The zero-order valence-electron chi connectivity index (χ0n) is 14.8. The topological polar surface area (TPSA) is 35.6 Å². The fourth-order valence-corrected chi connectivity index (χ4v) is 3.60. The van der Waals surface area contributed by atoms with E-state index in [9.17, 15) is 4.79 Å². The van der Waals surface area contributed by atoms with E-state index in [1.165, 1.54) is 6.42 Å². The maximum Gasteiger partial charge on any atom is 0.255 e. The molecular formula is C20H23Cl2N3O. The second-order valence-corrected chi connectivity index (χ2v) is 7.30. The van der Waals surface area contributed by atoms with Crippen LogP contribution >= 0.6 is 23.2 Å². The molecule has 3 rings (SSSR count). The van der Waals surface area contributed by atoms with E-state index in [4.69, 9.17) is 23.2 Å². The Morgan fingerprint density at radius 1 is 1.04 bits per heavy atom. The lowest BCUT2D eigenvalue weighted by atomic mass is 10.2. The minimum absolute atomic E-state index is 0.182. The molecule has 2 aromatic carbocycles. The van der Waals surface area contributed by atoms with Crippen molar-refractivity contribution in [3.63, 3.8) is 0 Å². The fraction of sp³-hybridized carbons (Fsp3) is 0.350. The van der Waals surface area contributed by atoms with Gasteiger partial charge in [-0.25, -0.2) is 0 Å². The number of nitrogens with zero attached hydrogens (tertiary/aromatic N) is 2. The molecule has 0 bridgehead atoms. The number of hydrogen-bond acceptors (Lipinski definition) is 3. The average molecular weight is 392 g/mol. The predicted molar refractivity (Wildman–Crippen MR) is 110 cm³/mol. The van der Waals surface area contributed by atoms with Crippen LogP contribution in [0.1, 0.15) is 23.7 Å². The fourth-order valence-electron chi connectivity index (χ4n) is 3.17. The quantitative estimate of drug-likeness (QED) is 0.796. The predicted octanol–water partition coefficient (Wildman–Crippen LogP) is 4.78. The molecule has 6 heteroatoms. The third-order valence-corrected chi connectivity index (χ3v) is 5.12. The van der Waals surface area contributed by atoms with Gasteiger partial charge in [0, 0.05) is 42.5 Å². The number of benzene rings is 2. The van der Waals surface area contributed by atoms with E-state index in [0.29, 0.717) is 21.3 Å². The third-order valence-electron chi connectivity index (χ3n) is 4.56. The Morgan fingerprint density at radius 2 is 1.73 bits per heavy atom. The van der Waals surface area contributed by atoms with E-state index in [1.54, 1.807) is 24.3 Å². The van der Waals surface area contributed by atoms with E-state index < -0.39 is 0 Å². The molecule has 2 aromatic rings. The molecule has 0 atom stereocenters. The van der Waals surface area contributed by atoms with Gasteiger partial charge in [0.15, 0.2) is 0 Å². The van der Waals surface area contributed by atoms with E-state index in [1.807, 2.05) is 18.2 Å². The summed E-state index contributed by atoms with van der Waals surface area (Å²) in [6.45, 7) is 7.41. The minimum Gasteiger partial charge on any atom is -0.368 e. The van der Waals surface area contributed by atoms with E-state index >= 15 is 0 Å². The highest BCUT2D eigenvalue weighted by molar-refractivity contribution is 6.33. The first-order chi connectivity index (χ1) is 12.6. The number of rotatable bonds is 5. The largest absolute Gasteiger partial charge is 0.368 e. The van der Waals surface area contributed by atoms with Crippen LogP contribution in [-0.2, 0) is 0 Å². The van der Waals surface area contributed by atoms with Crippen LogP contribution < -0.4 is 10.2 Å². The molecule has 1 heterocycles. The standard InChI is InChI=1S/C20H23Cl2N3O/c1-2-9-24-10-12-25(13-11-24)19-8-7-17(14-18(19)22)23-20(26)15-3-5-16(21)6-4-15/h3-8,14H,2,9-13H2,1H3,(H,23,26). The molecule has 0 spiro atoms. The second kappa shape index (κ2) is 8.76. The Morgan fingerprint density at radius 3 is 2.35 bits per heavy atom. The van der Waals surface area contributed by atoms with Crippen molar-refractivity contribution < 1.29 is 4.79 Å². The highest BCUT2D eigenvalue weighted by atomic mass is 35.5. The van der Waals surface area contributed by atoms with Crippen LogP contribution in [0.4, 0.5) is 11.4 Å². The van der Waals surface area contributed by atoms with Crippen molar-refractivity contribution in [1.82, 2.24) is 4.90 Å². The Bertz CT molecular complexity index is 756. The number of carbonyl (C=O) groups excluding carboxylic acids is 1. The summed E-state index contributed by atoms with van der Waals surface area (Å²) in [7, 11) is 0. The van der Waals surface area contributed by atoms with Crippen LogP contribution in [0.3, 0.4) is 0 Å². The van der Waals surface area contributed by atoms with E-state index in [-0.39, 0.29) is 5.91 Å². The van der Waals surface area contributed by atoms with Crippen molar-refractivity contribution in [1.29, 1.82) is 0 Å². The molecular weight excluding hydrogens is 369 g/mol. The molecule has 0 aliphatic carbocycles. The van der Waals surface area contributed by atoms with E-state index in [0.717, 1.165) is 38.4 Å². The number of halogens is 2. The molecule has 1 saturated heterocycles. The monoisotopic (exact) mass is 391 g/mol. The number of hydrogen-bond donors (Lipinski definition) is 1. The maximum absolute atomic E-state index is 12.3. The summed E-state index contributed by atoms with van der Waals surface area (Å²) >= 11 is 12.3. The molecule has 1 amide bonds. The van der Waals surface area contributed by atoms with Gasteiger partial charge in [0.25, 0.3) is 5.91 Å². The lowest BCUT2D eigenvalue weighted by molar-refractivity contribution is 0.102. The summed E-state index contributed by atoms with van der Waals surface area (Å²) in [5, 5.41) is 4.14. The van der Waals surface area contributed by atoms with Crippen LogP contribution in [-0.4, -0.2) is 43.5 Å². The number of nitrogens with one attached hydrogen (secondary N) is 1. The van der Waals surface area contributed by atoms with Crippen LogP contribution in [0.15, 0.2) is 42.5 Å².